The molecule has 1 saturated carbocycles. The zero-order valence-corrected chi connectivity index (χ0v) is 11.7. The van der Waals surface area contributed by atoms with Crippen LogP contribution in [0.1, 0.15) is 19.3 Å². The van der Waals surface area contributed by atoms with Gasteiger partial charge in [-0.15, -0.1) is 0 Å². The maximum Gasteiger partial charge on any atom is 0.232 e. The second-order valence-corrected chi connectivity index (χ2v) is 6.67. The molecule has 1 N–H and O–H groups in total. The molecule has 0 heterocycles. The van der Waals surface area contributed by atoms with Gasteiger partial charge in [0.1, 0.15) is 0 Å². The van der Waals surface area contributed by atoms with E-state index in [-0.39, 0.29) is 18.9 Å². The van der Waals surface area contributed by atoms with E-state index >= 15 is 0 Å². The van der Waals surface area contributed by atoms with E-state index in [2.05, 4.69) is 5.32 Å². The number of carbonyl (C=O) groups is 1. The van der Waals surface area contributed by atoms with E-state index in [1.165, 1.54) is 4.31 Å². The van der Waals surface area contributed by atoms with Gasteiger partial charge in [-0.05, 0) is 25.0 Å². The molecule has 1 amide bonds. The molecule has 1 fully saturated rings. The number of benzene rings is 1. The Hall–Kier alpha value is -1.56. The van der Waals surface area contributed by atoms with Crippen molar-refractivity contribution in [3.8, 4) is 0 Å². The second-order valence-electron chi connectivity index (χ2n) is 4.76. The van der Waals surface area contributed by atoms with Crippen LogP contribution in [0.2, 0.25) is 0 Å². The van der Waals surface area contributed by atoms with Crippen LogP contribution < -0.4 is 9.62 Å². The normalized spacial score (nSPS) is 15.0. The first-order valence-electron chi connectivity index (χ1n) is 6.29. The summed E-state index contributed by atoms with van der Waals surface area (Å²) >= 11 is 0. The highest BCUT2D eigenvalue weighted by atomic mass is 32.2. The Kier molecular flexibility index (Phi) is 4.09. The molecule has 104 valence electrons. The summed E-state index contributed by atoms with van der Waals surface area (Å²) in [7, 11) is -3.37. The smallest absolute Gasteiger partial charge is 0.232 e. The standard InChI is InChI=1S/C13H18N2O3S/c1-19(17,18)15(12-5-3-2-4-6-12)10-9-13(16)14-11-7-8-11/h2-6,11H,7-10H2,1H3,(H,14,16). The first kappa shape index (κ1) is 13.9. The van der Waals surface area contributed by atoms with E-state index in [1.54, 1.807) is 24.3 Å². The summed E-state index contributed by atoms with van der Waals surface area (Å²) in [5.74, 6) is -0.0907. The maximum atomic E-state index is 11.8. The van der Waals surface area contributed by atoms with Gasteiger partial charge in [-0.2, -0.15) is 0 Å². The number of nitrogens with zero attached hydrogens (tertiary/aromatic N) is 1. The highest BCUT2D eigenvalue weighted by Crippen LogP contribution is 2.19. The van der Waals surface area contributed by atoms with Gasteiger partial charge >= 0.3 is 0 Å². The SMILES string of the molecule is CS(=O)(=O)N(CCC(=O)NC1CC1)c1ccccc1. The Labute approximate surface area is 113 Å². The maximum absolute atomic E-state index is 11.8. The van der Waals surface area contributed by atoms with E-state index < -0.39 is 10.0 Å². The van der Waals surface area contributed by atoms with Gasteiger partial charge in [-0.3, -0.25) is 9.10 Å². The number of hydrogen-bond donors (Lipinski definition) is 1. The van der Waals surface area contributed by atoms with Crippen molar-refractivity contribution >= 4 is 21.6 Å². The number of rotatable bonds is 6. The van der Waals surface area contributed by atoms with E-state index in [1.807, 2.05) is 6.07 Å². The monoisotopic (exact) mass is 282 g/mol. The lowest BCUT2D eigenvalue weighted by Crippen LogP contribution is -2.35. The molecule has 19 heavy (non-hydrogen) atoms. The van der Waals surface area contributed by atoms with Crippen molar-refractivity contribution in [2.75, 3.05) is 17.1 Å². The Balaban J connectivity index is 2.00. The Morgan fingerprint density at radius 1 is 1.32 bits per heavy atom. The molecule has 1 aromatic carbocycles. The lowest BCUT2D eigenvalue weighted by molar-refractivity contribution is -0.121. The Morgan fingerprint density at radius 3 is 2.47 bits per heavy atom. The van der Waals surface area contributed by atoms with Gasteiger partial charge < -0.3 is 5.32 Å². The quantitative estimate of drug-likeness (QED) is 0.850. The number of hydrogen-bond acceptors (Lipinski definition) is 3. The first-order chi connectivity index (χ1) is 8.97. The van der Waals surface area contributed by atoms with Crippen molar-refractivity contribution in [3.63, 3.8) is 0 Å². The van der Waals surface area contributed by atoms with Crippen molar-refractivity contribution in [3.05, 3.63) is 30.3 Å². The largest absolute Gasteiger partial charge is 0.353 e. The van der Waals surface area contributed by atoms with E-state index in [0.717, 1.165) is 19.1 Å². The molecule has 1 aromatic rings. The van der Waals surface area contributed by atoms with Crippen LogP contribution in [0.3, 0.4) is 0 Å². The predicted octanol–water partition coefficient (Wildman–Crippen LogP) is 1.12. The minimum Gasteiger partial charge on any atom is -0.353 e. The average molecular weight is 282 g/mol. The summed E-state index contributed by atoms with van der Waals surface area (Å²) < 4.78 is 24.8. The molecule has 2 rings (SSSR count). The third-order valence-corrected chi connectivity index (χ3v) is 4.12. The van der Waals surface area contributed by atoms with Gasteiger partial charge in [0.15, 0.2) is 0 Å². The first-order valence-corrected chi connectivity index (χ1v) is 8.14. The fourth-order valence-corrected chi connectivity index (χ4v) is 2.74. The topological polar surface area (TPSA) is 66.5 Å². The molecule has 0 atom stereocenters. The highest BCUT2D eigenvalue weighted by Gasteiger charge is 2.24. The molecular formula is C13H18N2O3S. The van der Waals surface area contributed by atoms with Gasteiger partial charge in [0.2, 0.25) is 15.9 Å². The average Bonchev–Trinajstić information content (AvgIpc) is 3.13. The summed E-state index contributed by atoms with van der Waals surface area (Å²) in [6.45, 7) is 0.168. The molecule has 1 aliphatic rings. The molecular weight excluding hydrogens is 264 g/mol. The number of sulfonamides is 1. The van der Waals surface area contributed by atoms with Crippen molar-refractivity contribution in [2.45, 2.75) is 25.3 Å². The molecule has 0 unspecified atom stereocenters. The minimum absolute atomic E-state index is 0.0907. The van der Waals surface area contributed by atoms with Crippen LogP contribution in [0.4, 0.5) is 5.69 Å². The molecule has 5 nitrogen and oxygen atoms in total. The van der Waals surface area contributed by atoms with Crippen LogP contribution >= 0.6 is 0 Å². The van der Waals surface area contributed by atoms with Gasteiger partial charge in [0.05, 0.1) is 11.9 Å². The van der Waals surface area contributed by atoms with Gasteiger partial charge in [-0.25, -0.2) is 8.42 Å². The molecule has 0 radical (unpaired) electrons. The third kappa shape index (κ3) is 4.24. The zero-order chi connectivity index (χ0) is 13.9. The number of anilines is 1. The zero-order valence-electron chi connectivity index (χ0n) is 10.9. The summed E-state index contributed by atoms with van der Waals surface area (Å²) in [4.78, 5) is 11.6. The molecule has 6 heteroatoms. The summed E-state index contributed by atoms with van der Waals surface area (Å²) in [6.07, 6.45) is 3.39. The molecule has 0 aliphatic heterocycles. The Morgan fingerprint density at radius 2 is 1.95 bits per heavy atom. The lowest BCUT2D eigenvalue weighted by atomic mass is 10.3. The van der Waals surface area contributed by atoms with Crippen LogP contribution in [0.25, 0.3) is 0 Å². The third-order valence-electron chi connectivity index (χ3n) is 2.93. The van der Waals surface area contributed by atoms with E-state index in [9.17, 15) is 13.2 Å². The number of para-hydroxylation sites is 1. The fraction of sp³-hybridized carbons (Fsp3) is 0.462. The lowest BCUT2D eigenvalue weighted by Gasteiger charge is -2.22. The Bertz CT molecular complexity index is 538. The summed E-state index contributed by atoms with van der Waals surface area (Å²) in [5, 5.41) is 2.85. The highest BCUT2D eigenvalue weighted by molar-refractivity contribution is 7.92. The van der Waals surface area contributed by atoms with Crippen LogP contribution in [-0.2, 0) is 14.8 Å². The predicted molar refractivity (Wildman–Crippen MR) is 74.4 cm³/mol. The fourth-order valence-electron chi connectivity index (χ4n) is 1.81. The number of amides is 1. The van der Waals surface area contributed by atoms with Crippen molar-refractivity contribution < 1.29 is 13.2 Å². The number of carbonyl (C=O) groups excluding carboxylic acids is 1. The van der Waals surface area contributed by atoms with Crippen LogP contribution in [0.5, 0.6) is 0 Å². The molecule has 0 spiro atoms. The van der Waals surface area contributed by atoms with E-state index in [0.29, 0.717) is 11.7 Å². The van der Waals surface area contributed by atoms with Gasteiger partial charge in [-0.1, -0.05) is 18.2 Å². The van der Waals surface area contributed by atoms with Crippen molar-refractivity contribution in [2.24, 2.45) is 0 Å². The molecule has 0 bridgehead atoms. The van der Waals surface area contributed by atoms with Crippen LogP contribution in [0.15, 0.2) is 30.3 Å². The van der Waals surface area contributed by atoms with Crippen LogP contribution in [0, 0.1) is 0 Å². The second kappa shape index (κ2) is 5.61. The van der Waals surface area contributed by atoms with Crippen LogP contribution in [-0.4, -0.2) is 33.2 Å². The number of nitrogens with one attached hydrogen (secondary N) is 1. The van der Waals surface area contributed by atoms with Crippen molar-refractivity contribution in [1.82, 2.24) is 5.32 Å². The van der Waals surface area contributed by atoms with Gasteiger partial charge in [0.25, 0.3) is 0 Å². The molecule has 0 saturated heterocycles. The summed E-state index contributed by atoms with van der Waals surface area (Å²) in [6, 6.07) is 9.12. The minimum atomic E-state index is -3.37. The molecule has 1 aliphatic carbocycles. The van der Waals surface area contributed by atoms with Gasteiger partial charge in [0, 0.05) is 19.0 Å². The molecule has 0 aromatic heterocycles. The van der Waals surface area contributed by atoms with Crippen molar-refractivity contribution in [1.29, 1.82) is 0 Å². The summed E-state index contributed by atoms with van der Waals surface area (Å²) in [5.41, 5.74) is 0.587. The van der Waals surface area contributed by atoms with E-state index in [4.69, 9.17) is 0 Å².